The number of rotatable bonds is 4. The molecule has 3 heteroatoms. The van der Waals surface area contributed by atoms with Crippen molar-refractivity contribution >= 4 is 11.6 Å². The maximum atomic E-state index is 5.91. The monoisotopic (exact) mass is 261 g/mol. The third-order valence-electron chi connectivity index (χ3n) is 2.72. The van der Waals surface area contributed by atoms with Gasteiger partial charge in [-0.2, -0.15) is 0 Å². The van der Waals surface area contributed by atoms with Gasteiger partial charge >= 0.3 is 0 Å². The number of benzene rings is 2. The van der Waals surface area contributed by atoms with Crippen molar-refractivity contribution in [1.82, 2.24) is 0 Å². The highest BCUT2D eigenvalue weighted by Gasteiger charge is 2.02. The molecule has 94 valence electrons. The van der Waals surface area contributed by atoms with Gasteiger partial charge in [0.25, 0.3) is 0 Å². The van der Waals surface area contributed by atoms with E-state index in [9.17, 15) is 0 Å². The third kappa shape index (κ3) is 3.25. The fourth-order valence-corrected chi connectivity index (χ4v) is 1.97. The molecule has 0 amide bonds. The molecule has 0 spiro atoms. The van der Waals surface area contributed by atoms with Crippen LogP contribution < -0.4 is 10.5 Å². The second kappa shape index (κ2) is 5.89. The lowest BCUT2D eigenvalue weighted by Gasteiger charge is -2.09. The molecule has 2 N–H and O–H groups in total. The minimum absolute atomic E-state index is 0.663. The summed E-state index contributed by atoms with van der Waals surface area (Å²) >= 11 is 5.91. The van der Waals surface area contributed by atoms with Crippen molar-refractivity contribution in [1.29, 1.82) is 0 Å². The molecule has 0 bridgehead atoms. The summed E-state index contributed by atoms with van der Waals surface area (Å²) in [6, 6.07) is 13.6. The summed E-state index contributed by atoms with van der Waals surface area (Å²) in [4.78, 5) is 0. The maximum absolute atomic E-state index is 5.91. The third-order valence-corrected chi connectivity index (χ3v) is 2.96. The zero-order chi connectivity index (χ0) is 13.0. The van der Waals surface area contributed by atoms with Gasteiger partial charge in [-0.1, -0.05) is 23.7 Å². The lowest BCUT2D eigenvalue weighted by Crippen LogP contribution is -2.02. The smallest absolute Gasteiger partial charge is 0.130 e. The van der Waals surface area contributed by atoms with Gasteiger partial charge in [0.05, 0.1) is 0 Å². The first kappa shape index (κ1) is 12.9. The normalized spacial score (nSPS) is 10.4. The van der Waals surface area contributed by atoms with E-state index in [1.165, 1.54) is 5.56 Å². The Balaban J connectivity index is 2.13. The number of halogens is 1. The van der Waals surface area contributed by atoms with Gasteiger partial charge in [0, 0.05) is 5.02 Å². The predicted molar refractivity (Wildman–Crippen MR) is 75.5 cm³/mol. The van der Waals surface area contributed by atoms with Crippen molar-refractivity contribution in [3.8, 4) is 11.5 Å². The largest absolute Gasteiger partial charge is 0.457 e. The van der Waals surface area contributed by atoms with Gasteiger partial charge in [-0.05, 0) is 61.3 Å². The van der Waals surface area contributed by atoms with Crippen molar-refractivity contribution in [2.75, 3.05) is 6.54 Å². The van der Waals surface area contributed by atoms with Crippen LogP contribution in [-0.2, 0) is 6.42 Å². The van der Waals surface area contributed by atoms with E-state index >= 15 is 0 Å². The molecule has 0 aliphatic carbocycles. The van der Waals surface area contributed by atoms with Crippen molar-refractivity contribution in [2.24, 2.45) is 5.73 Å². The molecule has 0 aliphatic rings. The number of ether oxygens (including phenoxy) is 1. The summed E-state index contributed by atoms with van der Waals surface area (Å²) in [5.41, 5.74) is 7.75. The Morgan fingerprint density at radius 1 is 1.11 bits per heavy atom. The van der Waals surface area contributed by atoms with E-state index in [1.54, 1.807) is 0 Å². The van der Waals surface area contributed by atoms with Crippen LogP contribution in [0.4, 0.5) is 0 Å². The van der Waals surface area contributed by atoms with Gasteiger partial charge in [0.1, 0.15) is 11.5 Å². The Hall–Kier alpha value is -1.51. The van der Waals surface area contributed by atoms with Crippen LogP contribution in [0.5, 0.6) is 11.5 Å². The van der Waals surface area contributed by atoms with E-state index in [-0.39, 0.29) is 0 Å². The number of hydrogen-bond donors (Lipinski definition) is 1. The number of aryl methyl sites for hydroxylation is 1. The van der Waals surface area contributed by atoms with E-state index in [2.05, 4.69) is 0 Å². The van der Waals surface area contributed by atoms with Crippen LogP contribution in [0.15, 0.2) is 42.5 Å². The van der Waals surface area contributed by atoms with Crippen LogP contribution in [0, 0.1) is 6.92 Å². The fraction of sp³-hybridized carbons (Fsp3) is 0.200. The summed E-state index contributed by atoms with van der Waals surface area (Å²) in [6.45, 7) is 2.64. The van der Waals surface area contributed by atoms with Gasteiger partial charge in [0.15, 0.2) is 0 Å². The molecule has 0 aliphatic heterocycles. The van der Waals surface area contributed by atoms with Gasteiger partial charge in [-0.25, -0.2) is 0 Å². The van der Waals surface area contributed by atoms with Crippen LogP contribution in [-0.4, -0.2) is 6.54 Å². The highest BCUT2D eigenvalue weighted by molar-refractivity contribution is 6.30. The van der Waals surface area contributed by atoms with Crippen molar-refractivity contribution < 1.29 is 4.74 Å². The first-order valence-corrected chi connectivity index (χ1v) is 6.30. The maximum Gasteiger partial charge on any atom is 0.130 e. The van der Waals surface area contributed by atoms with Crippen LogP contribution >= 0.6 is 11.6 Å². The molecule has 0 unspecified atom stereocenters. The second-order valence-electron chi connectivity index (χ2n) is 4.19. The highest BCUT2D eigenvalue weighted by atomic mass is 35.5. The van der Waals surface area contributed by atoms with E-state index in [0.29, 0.717) is 6.54 Å². The summed E-state index contributed by atoms with van der Waals surface area (Å²) < 4.78 is 5.81. The molecule has 2 aromatic rings. The molecule has 0 aromatic heterocycles. The quantitative estimate of drug-likeness (QED) is 0.905. The van der Waals surface area contributed by atoms with Crippen molar-refractivity contribution in [2.45, 2.75) is 13.3 Å². The Bertz CT molecular complexity index is 523. The average molecular weight is 262 g/mol. The molecule has 0 saturated carbocycles. The van der Waals surface area contributed by atoms with E-state index < -0.39 is 0 Å². The van der Waals surface area contributed by atoms with Crippen LogP contribution in [0.25, 0.3) is 0 Å². The minimum Gasteiger partial charge on any atom is -0.457 e. The van der Waals surface area contributed by atoms with Gasteiger partial charge in [0.2, 0.25) is 0 Å². The van der Waals surface area contributed by atoms with Crippen molar-refractivity contribution in [3.63, 3.8) is 0 Å². The van der Waals surface area contributed by atoms with Crippen LogP contribution in [0.1, 0.15) is 11.1 Å². The zero-order valence-corrected chi connectivity index (χ0v) is 11.1. The second-order valence-corrected chi connectivity index (χ2v) is 4.63. The lowest BCUT2D eigenvalue weighted by molar-refractivity contribution is 0.478. The first-order valence-electron chi connectivity index (χ1n) is 5.92. The summed E-state index contributed by atoms with van der Waals surface area (Å²) in [5.74, 6) is 1.65. The summed E-state index contributed by atoms with van der Waals surface area (Å²) in [6.07, 6.45) is 0.889. The molecular formula is C15H16ClNO. The SMILES string of the molecule is Cc1cc(Cl)ccc1Oc1ccc(CCN)cc1. The topological polar surface area (TPSA) is 35.2 Å². The van der Waals surface area contributed by atoms with Gasteiger partial charge in [-0.15, -0.1) is 0 Å². The van der Waals surface area contributed by atoms with Crippen molar-refractivity contribution in [3.05, 3.63) is 58.6 Å². The molecule has 0 fully saturated rings. The average Bonchev–Trinajstić information content (AvgIpc) is 2.35. The molecule has 0 radical (unpaired) electrons. The van der Waals surface area contributed by atoms with Gasteiger partial charge < -0.3 is 10.5 Å². The lowest BCUT2D eigenvalue weighted by atomic mass is 10.1. The van der Waals surface area contributed by atoms with Crippen LogP contribution in [0.3, 0.4) is 0 Å². The molecule has 2 rings (SSSR count). The predicted octanol–water partition coefficient (Wildman–Crippen LogP) is 3.94. The summed E-state index contributed by atoms with van der Waals surface area (Å²) in [7, 11) is 0. The molecule has 0 heterocycles. The van der Waals surface area contributed by atoms with E-state index in [1.807, 2.05) is 49.4 Å². The molecule has 0 saturated heterocycles. The zero-order valence-electron chi connectivity index (χ0n) is 10.3. The minimum atomic E-state index is 0.663. The number of nitrogens with two attached hydrogens (primary N) is 1. The Morgan fingerprint density at radius 3 is 2.44 bits per heavy atom. The Morgan fingerprint density at radius 2 is 1.83 bits per heavy atom. The highest BCUT2D eigenvalue weighted by Crippen LogP contribution is 2.27. The standard InChI is InChI=1S/C15H16ClNO/c1-11-10-13(16)4-7-15(11)18-14-5-2-12(3-6-14)8-9-17/h2-7,10H,8-9,17H2,1H3. The van der Waals surface area contributed by atoms with E-state index in [0.717, 1.165) is 28.5 Å². The van der Waals surface area contributed by atoms with Crippen LogP contribution in [0.2, 0.25) is 5.02 Å². The Labute approximate surface area is 112 Å². The molecule has 0 atom stereocenters. The molecular weight excluding hydrogens is 246 g/mol. The molecule has 2 aromatic carbocycles. The molecule has 18 heavy (non-hydrogen) atoms. The Kier molecular flexibility index (Phi) is 4.24. The first-order chi connectivity index (χ1) is 8.69. The fourth-order valence-electron chi connectivity index (χ4n) is 1.75. The van der Waals surface area contributed by atoms with E-state index in [4.69, 9.17) is 22.1 Å². The summed E-state index contributed by atoms with van der Waals surface area (Å²) in [5, 5.41) is 0.721. The molecule has 2 nitrogen and oxygen atoms in total. The number of hydrogen-bond acceptors (Lipinski definition) is 2. The van der Waals surface area contributed by atoms with Gasteiger partial charge in [-0.3, -0.25) is 0 Å².